The van der Waals surface area contributed by atoms with Crippen molar-refractivity contribution in [3.63, 3.8) is 0 Å². The molecule has 0 fully saturated rings. The molecule has 6 nitrogen and oxygen atoms in total. The molecule has 0 amide bonds. The second-order valence-corrected chi connectivity index (χ2v) is 6.47. The fourth-order valence-corrected chi connectivity index (χ4v) is 3.50. The van der Waals surface area contributed by atoms with Gasteiger partial charge in [0.25, 0.3) is 0 Å². The van der Waals surface area contributed by atoms with E-state index in [2.05, 4.69) is 19.7 Å². The topological polar surface area (TPSA) is 85.1 Å². The molecule has 22 heavy (non-hydrogen) atoms. The third-order valence-corrected chi connectivity index (χ3v) is 4.81. The van der Waals surface area contributed by atoms with E-state index in [1.54, 1.807) is 19.1 Å². The minimum absolute atomic E-state index is 0.0137. The molecular formula is C14H12FN3O3S. The lowest BCUT2D eigenvalue weighted by Crippen LogP contribution is -2.27. The van der Waals surface area contributed by atoms with Gasteiger partial charge in [0.05, 0.1) is 0 Å². The van der Waals surface area contributed by atoms with Gasteiger partial charge in [-0.2, -0.15) is 0 Å². The molecule has 0 saturated carbocycles. The van der Waals surface area contributed by atoms with Crippen molar-refractivity contribution in [2.45, 2.75) is 17.9 Å². The van der Waals surface area contributed by atoms with Crippen LogP contribution in [0.5, 0.6) is 0 Å². The van der Waals surface area contributed by atoms with E-state index < -0.39 is 16.1 Å². The van der Waals surface area contributed by atoms with Gasteiger partial charge in [0.2, 0.25) is 10.0 Å². The van der Waals surface area contributed by atoms with Gasteiger partial charge in [-0.1, -0.05) is 18.2 Å². The Morgan fingerprint density at radius 2 is 1.86 bits per heavy atom. The highest BCUT2D eigenvalue weighted by Gasteiger charge is 2.22. The molecule has 114 valence electrons. The Morgan fingerprint density at radius 1 is 1.14 bits per heavy atom. The van der Waals surface area contributed by atoms with Crippen molar-refractivity contribution >= 4 is 21.1 Å². The highest BCUT2D eigenvalue weighted by molar-refractivity contribution is 7.89. The maximum atomic E-state index is 12.9. The fourth-order valence-electron chi connectivity index (χ4n) is 2.11. The molecule has 0 saturated heterocycles. The zero-order valence-electron chi connectivity index (χ0n) is 11.5. The summed E-state index contributed by atoms with van der Waals surface area (Å²) in [5.41, 5.74) is 1.18. The first kappa shape index (κ1) is 14.6. The number of fused-ring (bicyclic) bond motifs is 1. The van der Waals surface area contributed by atoms with E-state index >= 15 is 0 Å². The van der Waals surface area contributed by atoms with E-state index in [1.165, 1.54) is 30.3 Å². The lowest BCUT2D eigenvalue weighted by Gasteiger charge is -2.14. The maximum absolute atomic E-state index is 12.9. The Morgan fingerprint density at radius 3 is 2.59 bits per heavy atom. The van der Waals surface area contributed by atoms with Gasteiger partial charge in [-0.05, 0) is 47.1 Å². The van der Waals surface area contributed by atoms with Crippen LogP contribution in [0.1, 0.15) is 18.5 Å². The Bertz CT molecular complexity index is 906. The second-order valence-electron chi connectivity index (χ2n) is 4.78. The first-order valence-corrected chi connectivity index (χ1v) is 7.95. The van der Waals surface area contributed by atoms with Crippen molar-refractivity contribution in [2.75, 3.05) is 0 Å². The fraction of sp³-hybridized carbons (Fsp3) is 0.143. The maximum Gasteiger partial charge on any atom is 0.243 e. The molecule has 8 heteroatoms. The van der Waals surface area contributed by atoms with Gasteiger partial charge < -0.3 is 0 Å². The molecule has 0 unspecified atom stereocenters. The van der Waals surface area contributed by atoms with Gasteiger partial charge in [-0.15, -0.1) is 0 Å². The smallest absolute Gasteiger partial charge is 0.243 e. The van der Waals surface area contributed by atoms with Crippen LogP contribution in [0.25, 0.3) is 11.0 Å². The lowest BCUT2D eigenvalue weighted by molar-refractivity contribution is 0.315. The van der Waals surface area contributed by atoms with Crippen LogP contribution in [0.15, 0.2) is 52.0 Å². The molecule has 0 aliphatic rings. The monoisotopic (exact) mass is 321 g/mol. The van der Waals surface area contributed by atoms with Gasteiger partial charge in [-0.25, -0.2) is 22.2 Å². The summed E-state index contributed by atoms with van der Waals surface area (Å²) in [6.07, 6.45) is 0. The van der Waals surface area contributed by atoms with E-state index in [-0.39, 0.29) is 16.2 Å². The van der Waals surface area contributed by atoms with Gasteiger partial charge >= 0.3 is 0 Å². The van der Waals surface area contributed by atoms with E-state index in [0.29, 0.717) is 11.1 Å². The van der Waals surface area contributed by atoms with Crippen molar-refractivity contribution in [1.29, 1.82) is 0 Å². The van der Waals surface area contributed by atoms with Crippen LogP contribution < -0.4 is 4.72 Å². The number of sulfonamides is 1. The van der Waals surface area contributed by atoms with Gasteiger partial charge in [0.1, 0.15) is 16.2 Å². The number of aromatic nitrogens is 2. The average molecular weight is 321 g/mol. The van der Waals surface area contributed by atoms with E-state index in [9.17, 15) is 12.8 Å². The first-order chi connectivity index (χ1) is 10.5. The Kier molecular flexibility index (Phi) is 3.63. The van der Waals surface area contributed by atoms with Gasteiger partial charge in [-0.3, -0.25) is 0 Å². The van der Waals surface area contributed by atoms with Crippen molar-refractivity contribution in [3.05, 3.63) is 53.8 Å². The second kappa shape index (κ2) is 5.47. The van der Waals surface area contributed by atoms with E-state index in [4.69, 9.17) is 0 Å². The lowest BCUT2D eigenvalue weighted by atomic mass is 10.1. The predicted octanol–water partition coefficient (Wildman–Crippen LogP) is 2.40. The molecule has 1 atom stereocenters. The summed E-state index contributed by atoms with van der Waals surface area (Å²) in [6, 6.07) is 9.68. The number of halogens is 1. The number of hydrogen-bond acceptors (Lipinski definition) is 5. The summed E-state index contributed by atoms with van der Waals surface area (Å²) in [4.78, 5) is -0.0137. The molecule has 0 spiro atoms. The van der Waals surface area contributed by atoms with Crippen LogP contribution in [-0.4, -0.2) is 18.7 Å². The van der Waals surface area contributed by atoms with Gasteiger partial charge in [0.15, 0.2) is 5.52 Å². The Labute approximate surface area is 126 Å². The molecule has 0 aliphatic carbocycles. The van der Waals surface area contributed by atoms with Crippen LogP contribution in [-0.2, 0) is 10.0 Å². The summed E-state index contributed by atoms with van der Waals surface area (Å²) >= 11 is 0. The third kappa shape index (κ3) is 2.70. The predicted molar refractivity (Wildman–Crippen MR) is 76.9 cm³/mol. The quantitative estimate of drug-likeness (QED) is 0.797. The number of nitrogens with zero attached hydrogens (tertiary/aromatic N) is 2. The number of hydrogen-bond donors (Lipinski definition) is 1. The molecular weight excluding hydrogens is 309 g/mol. The first-order valence-electron chi connectivity index (χ1n) is 6.46. The van der Waals surface area contributed by atoms with E-state index in [0.717, 1.165) is 0 Å². The van der Waals surface area contributed by atoms with Crippen molar-refractivity contribution in [3.8, 4) is 0 Å². The average Bonchev–Trinajstić information content (AvgIpc) is 2.95. The third-order valence-electron chi connectivity index (χ3n) is 3.24. The summed E-state index contributed by atoms with van der Waals surface area (Å²) in [5, 5.41) is 7.24. The molecule has 1 aromatic heterocycles. The highest BCUT2D eigenvalue weighted by atomic mass is 32.2. The minimum Gasteiger partial charge on any atom is -0.243 e. The number of rotatable bonds is 4. The molecule has 3 rings (SSSR count). The summed E-state index contributed by atoms with van der Waals surface area (Å²) in [5.74, 6) is -0.378. The van der Waals surface area contributed by atoms with Crippen LogP contribution in [0.3, 0.4) is 0 Å². The zero-order chi connectivity index (χ0) is 15.7. The minimum atomic E-state index is -3.82. The molecule has 0 radical (unpaired) electrons. The van der Waals surface area contributed by atoms with Gasteiger partial charge in [0, 0.05) is 6.04 Å². The SMILES string of the molecule is C[C@H](NS(=O)(=O)c1cccc2nonc12)c1ccc(F)cc1. The Hall–Kier alpha value is -2.32. The largest absolute Gasteiger partial charge is 0.243 e. The van der Waals surface area contributed by atoms with Crippen LogP contribution in [0.2, 0.25) is 0 Å². The normalized spacial score (nSPS) is 13.4. The summed E-state index contributed by atoms with van der Waals surface area (Å²) in [6.45, 7) is 1.67. The molecule has 1 heterocycles. The molecule has 0 bridgehead atoms. The van der Waals surface area contributed by atoms with Crippen molar-refractivity contribution < 1.29 is 17.4 Å². The van der Waals surface area contributed by atoms with Crippen molar-refractivity contribution in [2.24, 2.45) is 0 Å². The standard InChI is InChI=1S/C14H12FN3O3S/c1-9(10-5-7-11(15)8-6-10)18-22(19,20)13-4-2-3-12-14(13)17-21-16-12/h2-9,18H,1H3/t9-/m0/s1. The summed E-state index contributed by atoms with van der Waals surface area (Å²) in [7, 11) is -3.82. The Balaban J connectivity index is 1.93. The number of nitrogens with one attached hydrogen (secondary N) is 1. The highest BCUT2D eigenvalue weighted by Crippen LogP contribution is 2.22. The zero-order valence-corrected chi connectivity index (χ0v) is 12.3. The molecule has 0 aliphatic heterocycles. The summed E-state index contributed by atoms with van der Waals surface area (Å²) < 4.78 is 45.0. The molecule has 3 aromatic rings. The van der Waals surface area contributed by atoms with E-state index in [1.807, 2.05) is 0 Å². The molecule has 2 aromatic carbocycles. The molecule has 1 N–H and O–H groups in total. The van der Waals surface area contributed by atoms with Crippen LogP contribution in [0, 0.1) is 5.82 Å². The van der Waals surface area contributed by atoms with Crippen LogP contribution >= 0.6 is 0 Å². The van der Waals surface area contributed by atoms with Crippen LogP contribution in [0.4, 0.5) is 4.39 Å². The number of benzene rings is 2. The van der Waals surface area contributed by atoms with Crippen molar-refractivity contribution in [1.82, 2.24) is 15.0 Å².